The van der Waals surface area contributed by atoms with E-state index in [-0.39, 0.29) is 42.5 Å². The van der Waals surface area contributed by atoms with Crippen molar-refractivity contribution in [3.8, 4) is 5.75 Å². The number of amides is 2. The number of carbonyl (C=O) groups is 2. The Labute approximate surface area is 248 Å². The highest BCUT2D eigenvalue weighted by molar-refractivity contribution is 6.91. The van der Waals surface area contributed by atoms with Crippen LogP contribution in [0.4, 0.5) is 17.1 Å². The van der Waals surface area contributed by atoms with Gasteiger partial charge in [0, 0.05) is 42.6 Å². The highest BCUT2D eigenvalue weighted by atomic mass is 28.3. The predicted octanol–water partition coefficient (Wildman–Crippen LogP) is 3.91. The minimum atomic E-state index is -2.28. The second kappa shape index (κ2) is 11.0. The molecule has 3 aromatic carbocycles. The molecule has 3 aliphatic heterocycles. The number of carbonyl (C=O) groups excluding carboxylic acids is 2. The number of anilines is 3. The van der Waals surface area contributed by atoms with Crippen molar-refractivity contribution in [1.29, 1.82) is 0 Å². The van der Waals surface area contributed by atoms with E-state index in [2.05, 4.69) is 37.5 Å². The molecule has 2 N–H and O–H groups in total. The molecule has 0 saturated carbocycles. The van der Waals surface area contributed by atoms with Crippen molar-refractivity contribution in [3.05, 3.63) is 78.4 Å². The van der Waals surface area contributed by atoms with E-state index in [0.29, 0.717) is 19.5 Å². The SMILES string of the molecule is COc1ccc([Si](C)(C)[C@H]2[C@H](CCO)O[C@@]3(C(=O)N(c4ccccc4)c4ccc(N5CCNCC5=O)cc43)[C@@H]2C)cc1. The maximum Gasteiger partial charge on any atom is 0.268 e. The number of aliphatic hydroxyl groups excluding tert-OH is 1. The lowest BCUT2D eigenvalue weighted by molar-refractivity contribution is -0.145. The summed E-state index contributed by atoms with van der Waals surface area (Å²) >= 11 is 0. The molecule has 8 nitrogen and oxygen atoms in total. The molecule has 0 unspecified atom stereocenters. The van der Waals surface area contributed by atoms with Gasteiger partial charge in [-0.3, -0.25) is 14.5 Å². The van der Waals surface area contributed by atoms with E-state index in [1.807, 2.05) is 60.7 Å². The van der Waals surface area contributed by atoms with Crippen LogP contribution < -0.4 is 25.0 Å². The normalized spacial score (nSPS) is 25.8. The van der Waals surface area contributed by atoms with Crippen molar-refractivity contribution in [2.24, 2.45) is 5.92 Å². The van der Waals surface area contributed by atoms with Crippen LogP contribution in [0, 0.1) is 5.92 Å². The predicted molar refractivity (Wildman–Crippen MR) is 167 cm³/mol. The van der Waals surface area contributed by atoms with E-state index >= 15 is 0 Å². The molecule has 220 valence electrons. The van der Waals surface area contributed by atoms with Gasteiger partial charge in [-0.05, 0) is 54.4 Å². The number of ether oxygens (including phenoxy) is 2. The molecule has 0 radical (unpaired) electrons. The highest BCUT2D eigenvalue weighted by Crippen LogP contribution is 2.61. The molecule has 42 heavy (non-hydrogen) atoms. The smallest absolute Gasteiger partial charge is 0.268 e. The fraction of sp³-hybridized carbons (Fsp3) is 0.394. The highest BCUT2D eigenvalue weighted by Gasteiger charge is 2.66. The monoisotopic (exact) mass is 585 g/mol. The standard InChI is InChI=1S/C33H39N3O5Si/c1-22-31(42(3,4)26-13-11-25(40-2)12-14-26)29(16-19-37)41-33(22)27-20-24(35-18-17-34-21-30(35)38)10-15-28(27)36(32(33)39)23-8-6-5-7-9-23/h5-15,20,22,29,31,34,37H,16-19,21H2,1-4H3/t22-,29+,31-,33+/m1/s1. The van der Waals surface area contributed by atoms with Crippen LogP contribution >= 0.6 is 0 Å². The zero-order valence-electron chi connectivity index (χ0n) is 24.7. The van der Waals surface area contributed by atoms with Crippen molar-refractivity contribution in [2.45, 2.75) is 43.7 Å². The van der Waals surface area contributed by atoms with E-state index < -0.39 is 13.7 Å². The molecule has 2 saturated heterocycles. The molecule has 9 heteroatoms. The maximum absolute atomic E-state index is 14.8. The molecule has 3 aliphatic rings. The van der Waals surface area contributed by atoms with Gasteiger partial charge in [-0.15, -0.1) is 0 Å². The number of nitrogens with zero attached hydrogens (tertiary/aromatic N) is 2. The third-order valence-corrected chi connectivity index (χ3v) is 13.9. The van der Waals surface area contributed by atoms with Crippen LogP contribution in [0.15, 0.2) is 72.8 Å². The Bertz CT molecular complexity index is 1480. The summed E-state index contributed by atoms with van der Waals surface area (Å²) in [5.41, 5.74) is 1.90. The Morgan fingerprint density at radius 3 is 2.45 bits per heavy atom. The van der Waals surface area contributed by atoms with Crippen LogP contribution in [-0.4, -0.2) is 64.4 Å². The first-order valence-electron chi connectivity index (χ1n) is 14.7. The van der Waals surface area contributed by atoms with Gasteiger partial charge in [0.15, 0.2) is 5.60 Å². The summed E-state index contributed by atoms with van der Waals surface area (Å²) in [6.45, 7) is 8.31. The number of nitrogens with one attached hydrogen (secondary N) is 1. The summed E-state index contributed by atoms with van der Waals surface area (Å²) < 4.78 is 12.4. The molecule has 0 aliphatic carbocycles. The first-order chi connectivity index (χ1) is 20.2. The first-order valence-corrected chi connectivity index (χ1v) is 17.8. The van der Waals surface area contributed by atoms with Crippen LogP contribution in [0.5, 0.6) is 5.75 Å². The molecule has 2 amide bonds. The van der Waals surface area contributed by atoms with Gasteiger partial charge >= 0.3 is 0 Å². The number of fused-ring (bicyclic) bond motifs is 2. The van der Waals surface area contributed by atoms with Crippen molar-refractivity contribution in [3.63, 3.8) is 0 Å². The number of rotatable bonds is 7. The third-order valence-electron chi connectivity index (χ3n) is 9.56. The average molecular weight is 586 g/mol. The lowest BCUT2D eigenvalue weighted by atomic mass is 9.82. The van der Waals surface area contributed by atoms with Gasteiger partial charge in [0.1, 0.15) is 5.75 Å². The Hall–Kier alpha value is -3.50. The van der Waals surface area contributed by atoms with Crippen molar-refractivity contribution in [2.75, 3.05) is 43.2 Å². The number of para-hydroxylation sites is 1. The van der Waals surface area contributed by atoms with E-state index in [4.69, 9.17) is 9.47 Å². The third kappa shape index (κ3) is 4.38. The number of aliphatic hydroxyl groups is 1. The lowest BCUT2D eigenvalue weighted by Crippen LogP contribution is -2.51. The van der Waals surface area contributed by atoms with Gasteiger partial charge < -0.3 is 24.8 Å². The van der Waals surface area contributed by atoms with E-state index in [1.54, 1.807) is 16.9 Å². The number of benzene rings is 3. The molecule has 6 rings (SSSR count). The zero-order chi connectivity index (χ0) is 29.6. The van der Waals surface area contributed by atoms with Gasteiger partial charge in [0.2, 0.25) is 5.91 Å². The van der Waals surface area contributed by atoms with E-state index in [9.17, 15) is 14.7 Å². The van der Waals surface area contributed by atoms with Crippen LogP contribution in [0.1, 0.15) is 18.9 Å². The summed E-state index contributed by atoms with van der Waals surface area (Å²) in [6, 6.07) is 23.8. The van der Waals surface area contributed by atoms with E-state index in [0.717, 1.165) is 28.4 Å². The lowest BCUT2D eigenvalue weighted by Gasteiger charge is -2.37. The molecule has 3 aromatic rings. The zero-order valence-corrected chi connectivity index (χ0v) is 25.7. The quantitative estimate of drug-likeness (QED) is 0.409. The average Bonchev–Trinajstić information content (AvgIpc) is 3.44. The molecular formula is C33H39N3O5Si. The summed E-state index contributed by atoms with van der Waals surface area (Å²) in [4.78, 5) is 31.3. The van der Waals surface area contributed by atoms with E-state index in [1.165, 1.54) is 5.19 Å². The topological polar surface area (TPSA) is 91.3 Å². The Kier molecular flexibility index (Phi) is 7.47. The molecule has 4 atom stereocenters. The van der Waals surface area contributed by atoms with Crippen LogP contribution in [0.25, 0.3) is 0 Å². The minimum Gasteiger partial charge on any atom is -0.497 e. The molecular weight excluding hydrogens is 546 g/mol. The molecule has 0 bridgehead atoms. The van der Waals surface area contributed by atoms with Crippen LogP contribution in [0.3, 0.4) is 0 Å². The van der Waals surface area contributed by atoms with Gasteiger partial charge in [0.05, 0.1) is 33.5 Å². The molecule has 2 fully saturated rings. The van der Waals surface area contributed by atoms with Gasteiger partial charge in [-0.25, -0.2) is 0 Å². The summed E-state index contributed by atoms with van der Waals surface area (Å²) in [6.07, 6.45) is 0.124. The fourth-order valence-electron chi connectivity index (χ4n) is 7.50. The molecule has 1 spiro atoms. The largest absolute Gasteiger partial charge is 0.497 e. The Morgan fingerprint density at radius 2 is 1.79 bits per heavy atom. The minimum absolute atomic E-state index is 0.00366. The van der Waals surface area contributed by atoms with Gasteiger partial charge in [0.25, 0.3) is 5.91 Å². The molecule has 0 aromatic heterocycles. The maximum atomic E-state index is 14.8. The van der Waals surface area contributed by atoms with Crippen molar-refractivity contribution >= 4 is 42.1 Å². The van der Waals surface area contributed by atoms with Crippen LogP contribution in [-0.2, 0) is 19.9 Å². The summed E-state index contributed by atoms with van der Waals surface area (Å²) in [5.74, 6) is 0.497. The van der Waals surface area contributed by atoms with Crippen molar-refractivity contribution in [1.82, 2.24) is 5.32 Å². The number of hydrogen-bond donors (Lipinski definition) is 2. The van der Waals surface area contributed by atoms with Crippen molar-refractivity contribution < 1.29 is 24.2 Å². The summed E-state index contributed by atoms with van der Waals surface area (Å²) in [7, 11) is -0.621. The fourth-order valence-corrected chi connectivity index (χ4v) is 11.6. The first kappa shape index (κ1) is 28.6. The molecule has 3 heterocycles. The number of methoxy groups -OCH3 is 1. The Balaban J connectivity index is 1.51. The Morgan fingerprint density at radius 1 is 1.05 bits per heavy atom. The van der Waals surface area contributed by atoms with Gasteiger partial charge in [-0.2, -0.15) is 0 Å². The summed E-state index contributed by atoms with van der Waals surface area (Å²) in [5, 5.41) is 14.6. The number of piperazine rings is 1. The second-order valence-corrected chi connectivity index (χ2v) is 16.8. The van der Waals surface area contributed by atoms with Gasteiger partial charge in [-0.1, -0.05) is 55.5 Å². The number of hydrogen-bond acceptors (Lipinski definition) is 6. The second-order valence-electron chi connectivity index (χ2n) is 12.1. The van der Waals surface area contributed by atoms with Crippen LogP contribution in [0.2, 0.25) is 18.6 Å².